The highest BCUT2D eigenvalue weighted by molar-refractivity contribution is 7.26. The van der Waals surface area contributed by atoms with Crippen molar-refractivity contribution in [2.45, 2.75) is 5.41 Å². The second kappa shape index (κ2) is 8.75. The van der Waals surface area contributed by atoms with Crippen LogP contribution in [0, 0.1) is 0 Å². The molecule has 1 spiro atoms. The third-order valence-corrected chi connectivity index (χ3v) is 11.4. The summed E-state index contributed by atoms with van der Waals surface area (Å²) in [6.07, 6.45) is 0. The summed E-state index contributed by atoms with van der Waals surface area (Å²) in [4.78, 5) is 0. The molecular formula is C43H25NOS. The molecule has 0 saturated heterocycles. The fourth-order valence-electron chi connectivity index (χ4n) is 8.44. The van der Waals surface area contributed by atoms with Gasteiger partial charge in [-0.3, -0.25) is 0 Å². The van der Waals surface area contributed by atoms with E-state index in [9.17, 15) is 0 Å². The lowest BCUT2D eigenvalue weighted by atomic mass is 9.66. The van der Waals surface area contributed by atoms with Crippen LogP contribution in [-0.2, 0) is 5.41 Å². The Bertz CT molecular complexity index is 2690. The van der Waals surface area contributed by atoms with E-state index in [-0.39, 0.29) is 0 Å². The van der Waals surface area contributed by atoms with Gasteiger partial charge in [-0.05, 0) is 76.9 Å². The molecular weight excluding hydrogens is 579 g/mol. The molecule has 9 aromatic rings. The lowest BCUT2D eigenvalue weighted by molar-refractivity contribution is 0.436. The van der Waals surface area contributed by atoms with E-state index in [1.807, 2.05) is 11.3 Å². The Morgan fingerprint density at radius 3 is 1.87 bits per heavy atom. The van der Waals surface area contributed by atoms with Crippen molar-refractivity contribution in [2.75, 3.05) is 0 Å². The Morgan fingerprint density at radius 2 is 1.07 bits per heavy atom. The Kier molecular flexibility index (Phi) is 4.69. The number of aromatic nitrogens is 1. The summed E-state index contributed by atoms with van der Waals surface area (Å²) in [6.45, 7) is 0. The SMILES string of the molecule is c1ccc(-n2c3ccccc3c3cc4c(cc32)sc2cc3c(cc24)C2(c4ccccc4Oc4ccccc42)c2ccccc2-3)cc1. The Balaban J connectivity index is 1.27. The van der Waals surface area contributed by atoms with Gasteiger partial charge in [0.25, 0.3) is 0 Å². The zero-order chi connectivity index (χ0) is 30.0. The highest BCUT2D eigenvalue weighted by atomic mass is 32.1. The zero-order valence-electron chi connectivity index (χ0n) is 24.7. The topological polar surface area (TPSA) is 14.2 Å². The van der Waals surface area contributed by atoms with Crippen LogP contribution < -0.4 is 4.74 Å². The minimum Gasteiger partial charge on any atom is -0.457 e. The monoisotopic (exact) mass is 603 g/mol. The van der Waals surface area contributed by atoms with E-state index < -0.39 is 5.41 Å². The molecule has 0 bridgehead atoms. The summed E-state index contributed by atoms with van der Waals surface area (Å²) >= 11 is 1.90. The van der Waals surface area contributed by atoms with Gasteiger partial charge < -0.3 is 9.30 Å². The summed E-state index contributed by atoms with van der Waals surface area (Å²) in [5.74, 6) is 1.85. The fourth-order valence-corrected chi connectivity index (χ4v) is 9.58. The van der Waals surface area contributed by atoms with Crippen molar-refractivity contribution in [2.24, 2.45) is 0 Å². The van der Waals surface area contributed by atoms with E-state index in [2.05, 4.69) is 156 Å². The molecule has 2 aliphatic rings. The van der Waals surface area contributed by atoms with Crippen molar-refractivity contribution in [1.29, 1.82) is 0 Å². The van der Waals surface area contributed by atoms with Crippen LogP contribution in [0.3, 0.4) is 0 Å². The standard InChI is InChI=1S/C43H25NOS/c1-2-12-26(13-3-1)44-37-19-9-5-15-28(37)30-22-31-32-23-36-29(24-41(32)46-42(31)25-38(30)44)27-14-4-6-16-33(27)43(36)34-17-7-10-20-39(34)45-40-21-11-8-18-35(40)43/h1-25H. The van der Waals surface area contributed by atoms with Crippen LogP contribution in [0.15, 0.2) is 152 Å². The zero-order valence-corrected chi connectivity index (χ0v) is 25.5. The molecule has 2 nitrogen and oxygen atoms in total. The van der Waals surface area contributed by atoms with Gasteiger partial charge in [-0.15, -0.1) is 11.3 Å². The second-order valence-electron chi connectivity index (χ2n) is 12.4. The summed E-state index contributed by atoms with van der Waals surface area (Å²) in [6, 6.07) is 55.5. The summed E-state index contributed by atoms with van der Waals surface area (Å²) in [5, 5.41) is 5.18. The lowest BCUT2D eigenvalue weighted by Crippen LogP contribution is -2.32. The molecule has 0 unspecified atom stereocenters. The van der Waals surface area contributed by atoms with Gasteiger partial charge in [-0.2, -0.15) is 0 Å². The average Bonchev–Trinajstić information content (AvgIpc) is 3.73. The fraction of sp³-hybridized carbons (Fsp3) is 0.0233. The number of hydrogen-bond donors (Lipinski definition) is 0. The minimum atomic E-state index is -0.465. The molecule has 3 heteroatoms. The number of nitrogens with zero attached hydrogens (tertiary/aromatic N) is 1. The second-order valence-corrected chi connectivity index (χ2v) is 13.5. The van der Waals surface area contributed by atoms with Gasteiger partial charge in [-0.1, -0.05) is 97.1 Å². The molecule has 11 rings (SSSR count). The first-order valence-electron chi connectivity index (χ1n) is 15.8. The van der Waals surface area contributed by atoms with Gasteiger partial charge in [0.1, 0.15) is 11.5 Å². The van der Waals surface area contributed by atoms with Crippen molar-refractivity contribution >= 4 is 53.3 Å². The molecule has 1 aliphatic heterocycles. The number of ether oxygens (including phenoxy) is 1. The largest absolute Gasteiger partial charge is 0.457 e. The van der Waals surface area contributed by atoms with Crippen LogP contribution in [0.25, 0.3) is 58.8 Å². The average molecular weight is 604 g/mol. The number of thiophene rings is 1. The maximum absolute atomic E-state index is 6.56. The van der Waals surface area contributed by atoms with Crippen LogP contribution in [-0.4, -0.2) is 4.57 Å². The maximum Gasteiger partial charge on any atom is 0.132 e. The first kappa shape index (κ1) is 24.7. The van der Waals surface area contributed by atoms with Gasteiger partial charge in [0.05, 0.1) is 16.4 Å². The molecule has 0 fully saturated rings. The third-order valence-electron chi connectivity index (χ3n) is 10.2. The van der Waals surface area contributed by atoms with E-state index in [4.69, 9.17) is 4.74 Å². The minimum absolute atomic E-state index is 0.465. The van der Waals surface area contributed by atoms with E-state index in [0.29, 0.717) is 0 Å². The van der Waals surface area contributed by atoms with Crippen LogP contribution >= 0.6 is 11.3 Å². The highest BCUT2D eigenvalue weighted by Crippen LogP contribution is 2.63. The Labute approximate surface area is 269 Å². The van der Waals surface area contributed by atoms with Gasteiger partial charge in [-0.25, -0.2) is 0 Å². The summed E-state index contributed by atoms with van der Waals surface area (Å²) < 4.78 is 11.6. The molecule has 0 atom stereocenters. The molecule has 2 aromatic heterocycles. The van der Waals surface area contributed by atoms with E-state index in [1.165, 1.54) is 81.0 Å². The van der Waals surface area contributed by atoms with Crippen LogP contribution in [0.4, 0.5) is 0 Å². The smallest absolute Gasteiger partial charge is 0.132 e. The predicted octanol–water partition coefficient (Wildman–Crippen LogP) is 11.6. The van der Waals surface area contributed by atoms with Gasteiger partial charge in [0, 0.05) is 47.8 Å². The van der Waals surface area contributed by atoms with Crippen molar-refractivity contribution in [3.8, 4) is 28.3 Å². The normalized spacial score (nSPS) is 14.0. The molecule has 1 aliphatic carbocycles. The van der Waals surface area contributed by atoms with Crippen molar-refractivity contribution in [1.82, 2.24) is 4.57 Å². The number of rotatable bonds is 1. The first-order chi connectivity index (χ1) is 22.8. The number of benzene rings is 7. The third kappa shape index (κ3) is 2.97. The molecule has 46 heavy (non-hydrogen) atoms. The highest BCUT2D eigenvalue weighted by Gasteiger charge is 2.51. The van der Waals surface area contributed by atoms with Gasteiger partial charge in [0.15, 0.2) is 0 Å². The number of para-hydroxylation sites is 4. The van der Waals surface area contributed by atoms with Crippen molar-refractivity contribution < 1.29 is 4.74 Å². The van der Waals surface area contributed by atoms with Crippen molar-refractivity contribution in [3.63, 3.8) is 0 Å². The predicted molar refractivity (Wildman–Crippen MR) is 191 cm³/mol. The molecule has 7 aromatic carbocycles. The maximum atomic E-state index is 6.56. The van der Waals surface area contributed by atoms with Crippen LogP contribution in [0.2, 0.25) is 0 Å². The molecule has 0 amide bonds. The molecule has 0 radical (unpaired) electrons. The van der Waals surface area contributed by atoms with E-state index >= 15 is 0 Å². The summed E-state index contributed by atoms with van der Waals surface area (Å²) in [5.41, 5.74) is 10.9. The quantitative estimate of drug-likeness (QED) is 0.182. The Hall–Kier alpha value is -5.64. The van der Waals surface area contributed by atoms with Crippen molar-refractivity contribution in [3.05, 3.63) is 174 Å². The van der Waals surface area contributed by atoms with Crippen LogP contribution in [0.5, 0.6) is 11.5 Å². The van der Waals surface area contributed by atoms with Crippen LogP contribution in [0.1, 0.15) is 22.3 Å². The number of hydrogen-bond acceptors (Lipinski definition) is 2. The first-order valence-corrected chi connectivity index (χ1v) is 16.6. The van der Waals surface area contributed by atoms with E-state index in [0.717, 1.165) is 11.5 Å². The van der Waals surface area contributed by atoms with Gasteiger partial charge in [0.2, 0.25) is 0 Å². The molecule has 214 valence electrons. The molecule has 3 heterocycles. The Morgan fingerprint density at radius 1 is 0.435 bits per heavy atom. The van der Waals surface area contributed by atoms with Gasteiger partial charge >= 0.3 is 0 Å². The lowest BCUT2D eigenvalue weighted by Gasteiger charge is -2.39. The summed E-state index contributed by atoms with van der Waals surface area (Å²) in [7, 11) is 0. The molecule has 0 N–H and O–H groups in total. The number of fused-ring (bicyclic) bond motifs is 15. The van der Waals surface area contributed by atoms with E-state index in [1.54, 1.807) is 0 Å². The molecule has 0 saturated carbocycles.